The molecule has 1 heterocycles. The second-order valence-electron chi connectivity index (χ2n) is 8.54. The highest BCUT2D eigenvalue weighted by Crippen LogP contribution is 2.28. The van der Waals surface area contributed by atoms with E-state index in [4.69, 9.17) is 9.15 Å². The third-order valence-electron chi connectivity index (χ3n) is 4.06. The minimum absolute atomic E-state index is 0. The van der Waals surface area contributed by atoms with Gasteiger partial charge in [0.05, 0.1) is 18.7 Å². The minimum Gasteiger partial charge on any atom is -0.462 e. The molecule has 1 N–H and O–H groups in total. The molecule has 2 aromatic rings. The van der Waals surface area contributed by atoms with Gasteiger partial charge in [-0.15, -0.1) is 12.4 Å². The molecule has 27 heavy (non-hydrogen) atoms. The van der Waals surface area contributed by atoms with Crippen molar-refractivity contribution >= 4 is 18.4 Å². The average Bonchev–Trinajstić information content (AvgIpc) is 3.00. The highest BCUT2D eigenvalue weighted by atomic mass is 35.5. The number of ether oxygens (including phenoxy) is 1. The molecule has 0 aliphatic carbocycles. The maximum atomic E-state index is 11.7. The van der Waals surface area contributed by atoms with Crippen LogP contribution in [0, 0.1) is 5.41 Å². The number of rotatable bonds is 7. The lowest BCUT2D eigenvalue weighted by molar-refractivity contribution is 0.0526. The summed E-state index contributed by atoms with van der Waals surface area (Å²) in [5.41, 5.74) is 1.80. The van der Waals surface area contributed by atoms with Crippen LogP contribution in [-0.2, 0) is 11.3 Å². The van der Waals surface area contributed by atoms with Gasteiger partial charge in [0.15, 0.2) is 0 Å². The predicted octanol–water partition coefficient (Wildman–Crippen LogP) is 5.85. The minimum atomic E-state index is -0.301. The lowest BCUT2D eigenvalue weighted by atomic mass is 9.82. The second-order valence-corrected chi connectivity index (χ2v) is 8.54. The molecule has 0 radical (unpaired) electrons. The third kappa shape index (κ3) is 7.39. The summed E-state index contributed by atoms with van der Waals surface area (Å²) in [6, 6.07) is 11.2. The van der Waals surface area contributed by atoms with Gasteiger partial charge >= 0.3 is 5.97 Å². The molecule has 0 atom stereocenters. The Hall–Kier alpha value is -1.78. The fourth-order valence-corrected chi connectivity index (χ4v) is 3.33. The van der Waals surface area contributed by atoms with Gasteiger partial charge in [0.25, 0.3) is 0 Å². The number of carbonyl (C=O) groups excluding carboxylic acids is 1. The van der Waals surface area contributed by atoms with Crippen molar-refractivity contribution in [3.05, 3.63) is 47.7 Å². The zero-order valence-corrected chi connectivity index (χ0v) is 18.0. The van der Waals surface area contributed by atoms with Crippen LogP contribution in [-0.4, -0.2) is 18.1 Å². The summed E-state index contributed by atoms with van der Waals surface area (Å²) in [5, 5.41) is 3.58. The molecular weight excluding hydrogens is 362 g/mol. The van der Waals surface area contributed by atoms with Crippen molar-refractivity contribution in [2.24, 2.45) is 5.41 Å². The van der Waals surface area contributed by atoms with Gasteiger partial charge in [-0.2, -0.15) is 0 Å². The van der Waals surface area contributed by atoms with Crippen molar-refractivity contribution in [1.29, 1.82) is 0 Å². The normalized spacial score (nSPS) is 11.8. The van der Waals surface area contributed by atoms with E-state index in [2.05, 4.69) is 39.9 Å². The van der Waals surface area contributed by atoms with E-state index in [9.17, 15) is 4.79 Å². The number of carbonyl (C=O) groups is 1. The molecule has 4 nitrogen and oxygen atoms in total. The lowest BCUT2D eigenvalue weighted by Gasteiger charge is -2.33. The topological polar surface area (TPSA) is 51.5 Å². The maximum absolute atomic E-state index is 11.7. The largest absolute Gasteiger partial charge is 0.462 e. The van der Waals surface area contributed by atoms with Gasteiger partial charge in [0, 0.05) is 11.1 Å². The van der Waals surface area contributed by atoms with Crippen molar-refractivity contribution in [2.75, 3.05) is 6.61 Å². The monoisotopic (exact) mass is 393 g/mol. The van der Waals surface area contributed by atoms with E-state index >= 15 is 0 Å². The highest BCUT2D eigenvalue weighted by Gasteiger charge is 2.25. The maximum Gasteiger partial charge on any atom is 0.338 e. The van der Waals surface area contributed by atoms with Crippen molar-refractivity contribution < 1.29 is 13.9 Å². The SMILES string of the molecule is CCOC(=O)c1ccc(-c2ccc(CNC(C)(C)CC(C)(C)C)o2)cc1.Cl. The Labute approximate surface area is 169 Å². The average molecular weight is 394 g/mol. The van der Waals surface area contributed by atoms with Gasteiger partial charge in [-0.3, -0.25) is 0 Å². The van der Waals surface area contributed by atoms with Crippen LogP contribution in [0.25, 0.3) is 11.3 Å². The number of furan rings is 1. The smallest absolute Gasteiger partial charge is 0.338 e. The molecule has 0 saturated carbocycles. The zero-order chi connectivity index (χ0) is 19.4. The second kappa shape index (κ2) is 9.43. The summed E-state index contributed by atoms with van der Waals surface area (Å²) in [7, 11) is 0. The summed E-state index contributed by atoms with van der Waals surface area (Å²) in [6.45, 7) is 14.1. The van der Waals surface area contributed by atoms with Crippen molar-refractivity contribution in [3.63, 3.8) is 0 Å². The molecule has 0 saturated heterocycles. The fraction of sp³-hybridized carbons (Fsp3) is 0.500. The first-order chi connectivity index (χ1) is 12.1. The summed E-state index contributed by atoms with van der Waals surface area (Å²) in [6.07, 6.45) is 1.07. The first kappa shape index (κ1) is 23.3. The van der Waals surface area contributed by atoms with Crippen LogP contribution in [0.4, 0.5) is 0 Å². The summed E-state index contributed by atoms with van der Waals surface area (Å²) < 4.78 is 11.0. The Morgan fingerprint density at radius 3 is 2.22 bits per heavy atom. The standard InChI is InChI=1S/C22H31NO3.ClH/c1-7-25-20(24)17-10-8-16(9-11-17)19-13-12-18(26-19)14-23-22(5,6)15-21(2,3)4;/h8-13,23H,7,14-15H2,1-6H3;1H. The Balaban J connectivity index is 0.00000364. The zero-order valence-electron chi connectivity index (χ0n) is 17.2. The van der Waals surface area contributed by atoms with E-state index in [1.807, 2.05) is 24.3 Å². The molecule has 0 bridgehead atoms. The van der Waals surface area contributed by atoms with Crippen LogP contribution < -0.4 is 5.32 Å². The van der Waals surface area contributed by atoms with Crippen molar-refractivity contribution in [3.8, 4) is 11.3 Å². The van der Waals surface area contributed by atoms with E-state index in [1.54, 1.807) is 19.1 Å². The van der Waals surface area contributed by atoms with Gasteiger partial charge in [-0.05, 0) is 56.9 Å². The summed E-state index contributed by atoms with van der Waals surface area (Å²) in [5.74, 6) is 1.40. The van der Waals surface area contributed by atoms with Crippen LogP contribution in [0.3, 0.4) is 0 Å². The fourth-order valence-electron chi connectivity index (χ4n) is 3.33. The Kier molecular flexibility index (Phi) is 8.12. The van der Waals surface area contributed by atoms with Gasteiger partial charge in [0.2, 0.25) is 0 Å². The quantitative estimate of drug-likeness (QED) is 0.599. The van der Waals surface area contributed by atoms with E-state index in [-0.39, 0.29) is 29.3 Å². The van der Waals surface area contributed by atoms with Crippen molar-refractivity contribution in [2.45, 2.75) is 60.0 Å². The van der Waals surface area contributed by atoms with E-state index in [0.29, 0.717) is 18.7 Å². The molecule has 5 heteroatoms. The summed E-state index contributed by atoms with van der Waals surface area (Å²) >= 11 is 0. The number of esters is 1. The molecule has 0 unspecified atom stereocenters. The first-order valence-corrected chi connectivity index (χ1v) is 9.21. The predicted molar refractivity (Wildman–Crippen MR) is 112 cm³/mol. The van der Waals surface area contributed by atoms with Gasteiger partial charge in [0.1, 0.15) is 11.5 Å². The molecule has 0 spiro atoms. The van der Waals surface area contributed by atoms with Gasteiger partial charge < -0.3 is 14.5 Å². The molecule has 0 amide bonds. The Morgan fingerprint density at radius 1 is 1.04 bits per heavy atom. The van der Waals surface area contributed by atoms with Gasteiger partial charge in [-0.25, -0.2) is 4.79 Å². The Bertz CT molecular complexity index is 727. The van der Waals surface area contributed by atoms with Crippen LogP contribution in [0.15, 0.2) is 40.8 Å². The van der Waals surface area contributed by atoms with Gasteiger partial charge in [-0.1, -0.05) is 32.9 Å². The molecule has 1 aromatic carbocycles. The molecule has 150 valence electrons. The molecule has 0 aliphatic rings. The van der Waals surface area contributed by atoms with Crippen LogP contribution in [0.5, 0.6) is 0 Å². The van der Waals surface area contributed by atoms with Crippen LogP contribution in [0.1, 0.15) is 64.1 Å². The number of hydrogen-bond acceptors (Lipinski definition) is 4. The van der Waals surface area contributed by atoms with E-state index in [1.165, 1.54) is 0 Å². The number of nitrogens with one attached hydrogen (secondary N) is 1. The van der Waals surface area contributed by atoms with Crippen LogP contribution in [0.2, 0.25) is 0 Å². The van der Waals surface area contributed by atoms with E-state index < -0.39 is 0 Å². The number of benzene rings is 1. The molecule has 1 aromatic heterocycles. The number of hydrogen-bond donors (Lipinski definition) is 1. The molecule has 0 fully saturated rings. The van der Waals surface area contributed by atoms with Crippen molar-refractivity contribution in [1.82, 2.24) is 5.32 Å². The highest BCUT2D eigenvalue weighted by molar-refractivity contribution is 5.89. The number of halogens is 1. The summed E-state index contributed by atoms with van der Waals surface area (Å²) in [4.78, 5) is 11.7. The lowest BCUT2D eigenvalue weighted by Crippen LogP contribution is -2.41. The van der Waals surface area contributed by atoms with Crippen LogP contribution >= 0.6 is 12.4 Å². The third-order valence-corrected chi connectivity index (χ3v) is 4.06. The van der Waals surface area contributed by atoms with E-state index in [0.717, 1.165) is 23.5 Å². The molecule has 2 rings (SSSR count). The molecule has 0 aliphatic heterocycles. The first-order valence-electron chi connectivity index (χ1n) is 9.21. The Morgan fingerprint density at radius 2 is 1.67 bits per heavy atom. The molecular formula is C22H32ClNO3.